The van der Waals surface area contributed by atoms with Gasteiger partial charge in [-0.05, 0) is 61.4 Å². The number of methoxy groups -OCH3 is 1. The van der Waals surface area contributed by atoms with Crippen LogP contribution in [0.25, 0.3) is 0 Å². The number of hydrogen-bond donors (Lipinski definition) is 1. The quantitative estimate of drug-likeness (QED) is 0.786. The van der Waals surface area contributed by atoms with E-state index in [0.29, 0.717) is 11.7 Å². The molecule has 2 saturated heterocycles. The molecule has 2 aliphatic rings. The fraction of sp³-hybridized carbons (Fsp3) is 0.364. The molecule has 152 valence electrons. The minimum atomic E-state index is -0.436. The van der Waals surface area contributed by atoms with Crippen molar-refractivity contribution >= 4 is 23.2 Å². The molecule has 7 heteroatoms. The van der Waals surface area contributed by atoms with Crippen LogP contribution in [0, 0.1) is 5.82 Å². The van der Waals surface area contributed by atoms with Gasteiger partial charge in [-0.3, -0.25) is 14.5 Å². The minimum Gasteiger partial charge on any atom is -0.497 e. The first-order chi connectivity index (χ1) is 14.0. The molecule has 1 N–H and O–H groups in total. The average molecular weight is 397 g/mol. The fourth-order valence-electron chi connectivity index (χ4n) is 4.04. The van der Waals surface area contributed by atoms with Crippen molar-refractivity contribution in [3.05, 3.63) is 54.3 Å². The summed E-state index contributed by atoms with van der Waals surface area (Å²) in [7, 11) is 1.64. The van der Waals surface area contributed by atoms with Crippen LogP contribution in [0.2, 0.25) is 0 Å². The number of imide groups is 1. The van der Waals surface area contributed by atoms with E-state index in [0.717, 1.165) is 37.4 Å². The van der Waals surface area contributed by atoms with Crippen LogP contribution in [-0.2, 0) is 9.59 Å². The Kier molecular flexibility index (Phi) is 5.49. The van der Waals surface area contributed by atoms with Crippen LogP contribution in [0.4, 0.5) is 15.8 Å². The normalized spacial score (nSPS) is 20.9. The monoisotopic (exact) mass is 397 g/mol. The van der Waals surface area contributed by atoms with E-state index >= 15 is 0 Å². The molecule has 1 unspecified atom stereocenters. The summed E-state index contributed by atoms with van der Waals surface area (Å²) in [6, 6.07) is 13.2. The summed E-state index contributed by atoms with van der Waals surface area (Å²) in [6.07, 6.45) is 1.95. The van der Waals surface area contributed by atoms with Crippen molar-refractivity contribution in [3.8, 4) is 5.75 Å². The van der Waals surface area contributed by atoms with Gasteiger partial charge < -0.3 is 10.1 Å². The van der Waals surface area contributed by atoms with E-state index < -0.39 is 11.9 Å². The molecule has 29 heavy (non-hydrogen) atoms. The van der Waals surface area contributed by atoms with Gasteiger partial charge >= 0.3 is 0 Å². The van der Waals surface area contributed by atoms with Crippen molar-refractivity contribution in [2.45, 2.75) is 31.3 Å². The molecule has 0 aliphatic carbocycles. The molecule has 2 aromatic carbocycles. The first kappa shape index (κ1) is 19.4. The largest absolute Gasteiger partial charge is 0.497 e. The summed E-state index contributed by atoms with van der Waals surface area (Å²) in [6.45, 7) is 1.49. The lowest BCUT2D eigenvalue weighted by atomic mass is 10.0. The molecule has 0 spiro atoms. The van der Waals surface area contributed by atoms with Gasteiger partial charge in [-0.25, -0.2) is 9.29 Å². The highest BCUT2D eigenvalue weighted by atomic mass is 19.1. The number of carbonyl (C=O) groups excluding carboxylic acids is 2. The van der Waals surface area contributed by atoms with Gasteiger partial charge in [-0.2, -0.15) is 0 Å². The number of carbonyl (C=O) groups is 2. The second-order valence-electron chi connectivity index (χ2n) is 7.45. The third kappa shape index (κ3) is 4.10. The number of halogens is 1. The predicted octanol–water partition coefficient (Wildman–Crippen LogP) is 3.04. The molecule has 4 rings (SSSR count). The number of anilines is 2. The Morgan fingerprint density at radius 1 is 1.00 bits per heavy atom. The number of ether oxygens (including phenoxy) is 1. The lowest BCUT2D eigenvalue weighted by molar-refractivity contribution is -0.123. The van der Waals surface area contributed by atoms with Crippen molar-refractivity contribution in [2.75, 3.05) is 30.4 Å². The minimum absolute atomic E-state index is 0.173. The topological polar surface area (TPSA) is 61.9 Å². The van der Waals surface area contributed by atoms with E-state index in [4.69, 9.17) is 4.74 Å². The van der Waals surface area contributed by atoms with Gasteiger partial charge in [0.15, 0.2) is 0 Å². The number of rotatable bonds is 5. The van der Waals surface area contributed by atoms with Crippen LogP contribution in [0.1, 0.15) is 19.3 Å². The molecule has 2 aromatic rings. The summed E-state index contributed by atoms with van der Waals surface area (Å²) < 4.78 is 18.3. The van der Waals surface area contributed by atoms with Gasteiger partial charge in [0.1, 0.15) is 11.6 Å². The van der Waals surface area contributed by atoms with Gasteiger partial charge in [-0.15, -0.1) is 0 Å². The molecule has 0 radical (unpaired) electrons. The number of piperidine rings is 1. The Morgan fingerprint density at radius 3 is 2.28 bits per heavy atom. The Hall–Kier alpha value is -2.93. The molecular formula is C22H24FN3O3. The first-order valence-corrected chi connectivity index (χ1v) is 9.82. The number of likely N-dealkylation sites (tertiary alicyclic amines) is 1. The van der Waals surface area contributed by atoms with E-state index in [-0.39, 0.29) is 18.2 Å². The maximum atomic E-state index is 13.2. The zero-order valence-electron chi connectivity index (χ0n) is 16.3. The third-order valence-corrected chi connectivity index (χ3v) is 5.64. The van der Waals surface area contributed by atoms with Crippen molar-refractivity contribution < 1.29 is 18.7 Å². The van der Waals surface area contributed by atoms with E-state index in [1.165, 1.54) is 29.2 Å². The van der Waals surface area contributed by atoms with E-state index in [1.807, 2.05) is 24.3 Å². The highest BCUT2D eigenvalue weighted by molar-refractivity contribution is 6.22. The van der Waals surface area contributed by atoms with E-state index in [1.54, 1.807) is 7.11 Å². The van der Waals surface area contributed by atoms with Crippen molar-refractivity contribution in [1.82, 2.24) is 4.90 Å². The van der Waals surface area contributed by atoms with E-state index in [9.17, 15) is 14.0 Å². The van der Waals surface area contributed by atoms with Gasteiger partial charge in [-0.1, -0.05) is 0 Å². The Morgan fingerprint density at radius 2 is 1.66 bits per heavy atom. The molecule has 2 fully saturated rings. The molecule has 0 saturated carbocycles. The zero-order chi connectivity index (χ0) is 20.4. The van der Waals surface area contributed by atoms with Crippen LogP contribution in [0.3, 0.4) is 0 Å². The highest BCUT2D eigenvalue weighted by Crippen LogP contribution is 2.28. The molecule has 1 atom stereocenters. The second-order valence-corrected chi connectivity index (χ2v) is 7.45. The van der Waals surface area contributed by atoms with Crippen molar-refractivity contribution in [1.29, 1.82) is 0 Å². The van der Waals surface area contributed by atoms with Crippen LogP contribution >= 0.6 is 0 Å². The van der Waals surface area contributed by atoms with Crippen LogP contribution in [-0.4, -0.2) is 49.0 Å². The lowest BCUT2D eigenvalue weighted by Gasteiger charge is -2.35. The standard InChI is InChI=1S/C22H24FN3O3/c1-29-19-8-4-16(5-9-19)24-17-10-12-25(13-11-17)20-14-21(27)26(22(20)28)18-6-2-15(23)3-7-18/h2-9,17,20,24H,10-14H2,1H3. The summed E-state index contributed by atoms with van der Waals surface area (Å²) in [5, 5.41) is 3.52. The summed E-state index contributed by atoms with van der Waals surface area (Å²) >= 11 is 0. The number of benzene rings is 2. The number of amides is 2. The van der Waals surface area contributed by atoms with Crippen LogP contribution in [0.5, 0.6) is 5.75 Å². The fourth-order valence-corrected chi connectivity index (χ4v) is 4.04. The maximum absolute atomic E-state index is 13.2. The summed E-state index contributed by atoms with van der Waals surface area (Å²) in [5.41, 5.74) is 1.47. The second kappa shape index (κ2) is 8.21. The number of nitrogens with one attached hydrogen (secondary N) is 1. The Labute approximate surface area is 169 Å². The predicted molar refractivity (Wildman–Crippen MR) is 109 cm³/mol. The number of nitrogens with zero attached hydrogens (tertiary/aromatic N) is 2. The van der Waals surface area contributed by atoms with E-state index in [2.05, 4.69) is 10.2 Å². The molecule has 6 nitrogen and oxygen atoms in total. The Balaban J connectivity index is 1.35. The molecule has 2 aliphatic heterocycles. The summed E-state index contributed by atoms with van der Waals surface area (Å²) in [5.74, 6) is -0.0235. The van der Waals surface area contributed by atoms with Crippen LogP contribution in [0.15, 0.2) is 48.5 Å². The highest BCUT2D eigenvalue weighted by Gasteiger charge is 2.43. The third-order valence-electron chi connectivity index (χ3n) is 5.64. The van der Waals surface area contributed by atoms with Crippen molar-refractivity contribution in [2.24, 2.45) is 0 Å². The Bertz CT molecular complexity index is 877. The first-order valence-electron chi connectivity index (χ1n) is 9.82. The van der Waals surface area contributed by atoms with Gasteiger partial charge in [0.05, 0.1) is 25.3 Å². The maximum Gasteiger partial charge on any atom is 0.251 e. The molecular weight excluding hydrogens is 373 g/mol. The average Bonchev–Trinajstić information content (AvgIpc) is 3.04. The molecule has 2 amide bonds. The smallest absolute Gasteiger partial charge is 0.251 e. The number of hydrogen-bond acceptors (Lipinski definition) is 5. The molecule has 0 aromatic heterocycles. The van der Waals surface area contributed by atoms with Gasteiger partial charge in [0.25, 0.3) is 5.91 Å². The van der Waals surface area contributed by atoms with Crippen LogP contribution < -0.4 is 15.0 Å². The SMILES string of the molecule is COc1ccc(NC2CCN(C3CC(=O)N(c4ccc(F)cc4)C3=O)CC2)cc1. The molecule has 0 bridgehead atoms. The zero-order valence-corrected chi connectivity index (χ0v) is 16.3. The summed E-state index contributed by atoms with van der Waals surface area (Å²) in [4.78, 5) is 28.6. The molecule has 2 heterocycles. The van der Waals surface area contributed by atoms with Gasteiger partial charge in [0.2, 0.25) is 5.91 Å². The van der Waals surface area contributed by atoms with Gasteiger partial charge in [0, 0.05) is 24.8 Å². The lowest BCUT2D eigenvalue weighted by Crippen LogP contribution is -2.48. The van der Waals surface area contributed by atoms with Crippen molar-refractivity contribution in [3.63, 3.8) is 0 Å².